The van der Waals surface area contributed by atoms with E-state index in [0.29, 0.717) is 12.5 Å². The molecule has 2 unspecified atom stereocenters. The second-order valence-electron chi connectivity index (χ2n) is 5.56. The van der Waals surface area contributed by atoms with Crippen LogP contribution >= 0.6 is 0 Å². The number of hydrogen-bond donors (Lipinski definition) is 2. The molecule has 1 aromatic carbocycles. The Kier molecular flexibility index (Phi) is 3.01. The van der Waals surface area contributed by atoms with Gasteiger partial charge in [-0.3, -0.25) is 4.79 Å². The molecule has 4 heteroatoms. The van der Waals surface area contributed by atoms with E-state index in [1.54, 1.807) is 24.3 Å². The number of nitrogens with one attached hydrogen (secondary N) is 1. The van der Waals surface area contributed by atoms with Crippen LogP contribution in [-0.2, 0) is 11.3 Å². The van der Waals surface area contributed by atoms with Crippen molar-refractivity contribution >= 4 is 11.9 Å². The van der Waals surface area contributed by atoms with Gasteiger partial charge in [0.25, 0.3) is 0 Å². The summed E-state index contributed by atoms with van der Waals surface area (Å²) in [6.45, 7) is 0.479. The van der Waals surface area contributed by atoms with Crippen LogP contribution in [0.1, 0.15) is 35.2 Å². The molecule has 100 valence electrons. The van der Waals surface area contributed by atoms with Crippen LogP contribution in [0.4, 0.5) is 0 Å². The normalized spacial score (nSPS) is 24.8. The summed E-state index contributed by atoms with van der Waals surface area (Å²) in [6.07, 6.45) is 3.64. The number of amides is 1. The van der Waals surface area contributed by atoms with Gasteiger partial charge in [0.15, 0.2) is 0 Å². The van der Waals surface area contributed by atoms with Crippen molar-refractivity contribution in [1.82, 2.24) is 5.32 Å². The summed E-state index contributed by atoms with van der Waals surface area (Å²) in [4.78, 5) is 22.6. The summed E-state index contributed by atoms with van der Waals surface area (Å²) < 4.78 is 0. The Morgan fingerprint density at radius 2 is 1.89 bits per heavy atom. The summed E-state index contributed by atoms with van der Waals surface area (Å²) in [5.74, 6) is 0.894. The molecule has 2 atom stereocenters. The lowest BCUT2D eigenvalue weighted by Gasteiger charge is -2.05. The quantitative estimate of drug-likeness (QED) is 0.850. The Morgan fingerprint density at radius 3 is 2.47 bits per heavy atom. The highest BCUT2D eigenvalue weighted by Crippen LogP contribution is 2.54. The minimum Gasteiger partial charge on any atom is -0.478 e. The third-order valence-corrected chi connectivity index (χ3v) is 4.07. The molecule has 2 fully saturated rings. The van der Waals surface area contributed by atoms with Gasteiger partial charge in [0, 0.05) is 12.5 Å². The Hall–Kier alpha value is -1.84. The fraction of sp³-hybridized carbons (Fsp3) is 0.467. The summed E-state index contributed by atoms with van der Waals surface area (Å²) in [5.41, 5.74) is 1.20. The molecule has 0 aromatic heterocycles. The molecule has 2 saturated carbocycles. The van der Waals surface area contributed by atoms with Crippen LogP contribution < -0.4 is 5.32 Å². The molecule has 2 N–H and O–H groups in total. The van der Waals surface area contributed by atoms with Gasteiger partial charge >= 0.3 is 5.97 Å². The number of carbonyl (C=O) groups excluding carboxylic acids is 1. The van der Waals surface area contributed by atoms with E-state index >= 15 is 0 Å². The highest BCUT2D eigenvalue weighted by molar-refractivity contribution is 5.87. The van der Waals surface area contributed by atoms with E-state index in [1.165, 1.54) is 12.8 Å². The number of carboxylic acids is 1. The third kappa shape index (κ3) is 2.78. The largest absolute Gasteiger partial charge is 0.478 e. The molecule has 0 bridgehead atoms. The molecule has 1 amide bonds. The van der Waals surface area contributed by atoms with Gasteiger partial charge in [-0.25, -0.2) is 4.79 Å². The van der Waals surface area contributed by atoms with E-state index < -0.39 is 5.97 Å². The zero-order valence-electron chi connectivity index (χ0n) is 10.6. The maximum absolute atomic E-state index is 11.9. The maximum atomic E-state index is 11.9. The molecule has 19 heavy (non-hydrogen) atoms. The SMILES string of the molecule is O=C(O)c1ccc(CNC(=O)C2CC2C2CC2)cc1. The van der Waals surface area contributed by atoms with Crippen molar-refractivity contribution in [2.24, 2.45) is 17.8 Å². The summed E-state index contributed by atoms with van der Waals surface area (Å²) >= 11 is 0. The lowest BCUT2D eigenvalue weighted by atomic mass is 10.1. The van der Waals surface area contributed by atoms with Crippen LogP contribution in [-0.4, -0.2) is 17.0 Å². The molecule has 1 aromatic rings. The number of benzene rings is 1. The molecule has 0 heterocycles. The maximum Gasteiger partial charge on any atom is 0.335 e. The molecule has 4 nitrogen and oxygen atoms in total. The van der Waals surface area contributed by atoms with Crippen molar-refractivity contribution in [3.8, 4) is 0 Å². The molecule has 2 aliphatic rings. The molecule has 0 radical (unpaired) electrons. The first kappa shape index (κ1) is 12.2. The standard InChI is InChI=1S/C15H17NO3/c17-14(13-7-12(13)10-5-6-10)16-8-9-1-3-11(4-2-9)15(18)19/h1-4,10,12-13H,5-8H2,(H,16,17)(H,18,19). The second-order valence-corrected chi connectivity index (χ2v) is 5.56. The Morgan fingerprint density at radius 1 is 1.21 bits per heavy atom. The number of aromatic carboxylic acids is 1. The molecule has 3 rings (SSSR count). The van der Waals surface area contributed by atoms with E-state index in [2.05, 4.69) is 5.32 Å². The number of carboxylic acid groups (broad SMARTS) is 1. The third-order valence-electron chi connectivity index (χ3n) is 4.07. The van der Waals surface area contributed by atoms with Crippen LogP contribution in [0.5, 0.6) is 0 Å². The van der Waals surface area contributed by atoms with E-state index in [1.807, 2.05) is 0 Å². The first-order valence-electron chi connectivity index (χ1n) is 6.75. The Labute approximate surface area is 111 Å². The topological polar surface area (TPSA) is 66.4 Å². The number of carbonyl (C=O) groups is 2. The monoisotopic (exact) mass is 259 g/mol. The van der Waals surface area contributed by atoms with E-state index in [-0.39, 0.29) is 17.4 Å². The molecule has 0 spiro atoms. The summed E-state index contributed by atoms with van der Waals surface area (Å²) in [5, 5.41) is 11.7. The number of hydrogen-bond acceptors (Lipinski definition) is 2. The van der Waals surface area contributed by atoms with Crippen LogP contribution in [0.15, 0.2) is 24.3 Å². The minimum absolute atomic E-state index is 0.152. The lowest BCUT2D eigenvalue weighted by Crippen LogP contribution is -2.25. The second kappa shape index (κ2) is 4.68. The van der Waals surface area contributed by atoms with Crippen molar-refractivity contribution in [3.05, 3.63) is 35.4 Å². The predicted molar refractivity (Wildman–Crippen MR) is 69.6 cm³/mol. The van der Waals surface area contributed by atoms with Gasteiger partial charge in [-0.1, -0.05) is 12.1 Å². The first-order chi connectivity index (χ1) is 9.15. The molecular weight excluding hydrogens is 242 g/mol. The molecule has 2 aliphatic carbocycles. The van der Waals surface area contributed by atoms with Gasteiger partial charge in [0.05, 0.1) is 5.56 Å². The van der Waals surface area contributed by atoms with Crippen molar-refractivity contribution < 1.29 is 14.7 Å². The lowest BCUT2D eigenvalue weighted by molar-refractivity contribution is -0.122. The summed E-state index contributed by atoms with van der Waals surface area (Å²) in [7, 11) is 0. The van der Waals surface area contributed by atoms with E-state index in [0.717, 1.165) is 17.9 Å². The Balaban J connectivity index is 1.49. The first-order valence-corrected chi connectivity index (χ1v) is 6.75. The zero-order valence-corrected chi connectivity index (χ0v) is 10.6. The van der Waals surface area contributed by atoms with Crippen molar-refractivity contribution in [2.45, 2.75) is 25.8 Å². The summed E-state index contributed by atoms with van der Waals surface area (Å²) in [6, 6.07) is 6.62. The minimum atomic E-state index is -0.930. The fourth-order valence-corrected chi connectivity index (χ4v) is 2.65. The molecular formula is C15H17NO3. The van der Waals surface area contributed by atoms with Crippen molar-refractivity contribution in [1.29, 1.82) is 0 Å². The van der Waals surface area contributed by atoms with Crippen molar-refractivity contribution in [2.75, 3.05) is 0 Å². The Bertz CT molecular complexity index is 505. The van der Waals surface area contributed by atoms with Crippen LogP contribution in [0, 0.1) is 17.8 Å². The van der Waals surface area contributed by atoms with Gasteiger partial charge in [0.1, 0.15) is 0 Å². The zero-order chi connectivity index (χ0) is 13.4. The van der Waals surface area contributed by atoms with Gasteiger partial charge in [-0.2, -0.15) is 0 Å². The highest BCUT2D eigenvalue weighted by atomic mass is 16.4. The molecule has 0 aliphatic heterocycles. The van der Waals surface area contributed by atoms with Gasteiger partial charge < -0.3 is 10.4 Å². The van der Waals surface area contributed by atoms with Gasteiger partial charge in [0.2, 0.25) is 5.91 Å². The van der Waals surface area contributed by atoms with Crippen molar-refractivity contribution in [3.63, 3.8) is 0 Å². The highest BCUT2D eigenvalue weighted by Gasteiger charge is 2.50. The van der Waals surface area contributed by atoms with E-state index in [9.17, 15) is 9.59 Å². The smallest absolute Gasteiger partial charge is 0.335 e. The molecule has 0 saturated heterocycles. The number of rotatable bonds is 5. The average molecular weight is 259 g/mol. The fourth-order valence-electron chi connectivity index (χ4n) is 2.65. The van der Waals surface area contributed by atoms with Crippen LogP contribution in [0.25, 0.3) is 0 Å². The van der Waals surface area contributed by atoms with Gasteiger partial charge in [-0.15, -0.1) is 0 Å². The van der Waals surface area contributed by atoms with E-state index in [4.69, 9.17) is 5.11 Å². The van der Waals surface area contributed by atoms with Crippen LogP contribution in [0.2, 0.25) is 0 Å². The average Bonchev–Trinajstić information content (AvgIpc) is 3.28. The predicted octanol–water partition coefficient (Wildman–Crippen LogP) is 2.05. The van der Waals surface area contributed by atoms with Crippen LogP contribution in [0.3, 0.4) is 0 Å². The van der Waals surface area contributed by atoms with Gasteiger partial charge in [-0.05, 0) is 48.8 Å².